The Bertz CT molecular complexity index is 241. The van der Waals surface area contributed by atoms with Crippen LogP contribution in [-0.4, -0.2) is 23.5 Å². The molecule has 90 valence electrons. The predicted octanol–water partition coefficient (Wildman–Crippen LogP) is 2.86. The number of alkyl carbamates (subject to hydrolysis) is 1. The highest BCUT2D eigenvalue weighted by atomic mass is 32.1. The molecule has 0 aromatic heterocycles. The molecule has 1 N–H and O–H groups in total. The van der Waals surface area contributed by atoms with Crippen LogP contribution in [0.2, 0.25) is 0 Å². The molecule has 0 aromatic carbocycles. The molecule has 4 heteroatoms. The molecule has 0 unspecified atom stereocenters. The average molecular weight is 233 g/mol. The third-order valence-electron chi connectivity index (χ3n) is 3.69. The molecule has 1 amide bonds. The molecule has 0 fully saturated rings. The van der Waals surface area contributed by atoms with E-state index in [1.165, 1.54) is 7.11 Å². The van der Waals surface area contributed by atoms with E-state index in [2.05, 4.69) is 36.5 Å². The summed E-state index contributed by atoms with van der Waals surface area (Å²) < 4.78 is 4.41. The van der Waals surface area contributed by atoms with Crippen LogP contribution in [0.4, 0.5) is 4.79 Å². The molecule has 0 aliphatic heterocycles. The van der Waals surface area contributed by atoms with Crippen LogP contribution in [0.5, 0.6) is 0 Å². The largest absolute Gasteiger partial charge is 0.453 e. The molecule has 0 saturated carbocycles. The summed E-state index contributed by atoms with van der Waals surface area (Å²) in [5.41, 5.74) is -0.581. The number of methoxy groups -OCH3 is 1. The van der Waals surface area contributed by atoms with Crippen molar-refractivity contribution in [2.24, 2.45) is 5.41 Å². The van der Waals surface area contributed by atoms with Gasteiger partial charge in [-0.05, 0) is 13.8 Å². The monoisotopic (exact) mass is 233 g/mol. The molecule has 15 heavy (non-hydrogen) atoms. The van der Waals surface area contributed by atoms with Crippen LogP contribution in [0.1, 0.15) is 41.5 Å². The lowest BCUT2D eigenvalue weighted by atomic mass is 9.66. The van der Waals surface area contributed by atoms with Crippen molar-refractivity contribution in [2.45, 2.75) is 51.8 Å². The lowest BCUT2D eigenvalue weighted by molar-refractivity contribution is 0.0989. The topological polar surface area (TPSA) is 38.3 Å². The number of thiol groups is 1. The normalized spacial score (nSPS) is 13.6. The Hall–Kier alpha value is -0.380. The van der Waals surface area contributed by atoms with Gasteiger partial charge in [0.1, 0.15) is 0 Å². The number of hydrogen-bond acceptors (Lipinski definition) is 3. The van der Waals surface area contributed by atoms with E-state index in [1.807, 2.05) is 27.7 Å². The molecular weight excluding hydrogens is 210 g/mol. The van der Waals surface area contributed by atoms with E-state index < -0.39 is 11.6 Å². The first-order valence-electron chi connectivity index (χ1n) is 5.04. The first-order valence-corrected chi connectivity index (χ1v) is 5.49. The van der Waals surface area contributed by atoms with Gasteiger partial charge in [-0.1, -0.05) is 27.7 Å². The lowest BCUT2D eigenvalue weighted by Gasteiger charge is -2.49. The van der Waals surface area contributed by atoms with Crippen LogP contribution in [0.15, 0.2) is 0 Å². The number of carbonyl (C=O) groups excluding carboxylic acids is 1. The molecule has 0 saturated heterocycles. The summed E-state index contributed by atoms with van der Waals surface area (Å²) in [5.74, 6) is 0. The summed E-state index contributed by atoms with van der Waals surface area (Å²) in [6, 6.07) is 0. The first-order chi connectivity index (χ1) is 6.45. The molecule has 3 nitrogen and oxygen atoms in total. The maximum absolute atomic E-state index is 11.2. The Labute approximate surface area is 98.4 Å². The standard InChI is InChI=1S/C11H23NO2S/c1-9(2,11(5,6)15)10(3,4)12-8(13)14-7/h15H,1-7H3,(H,12,13). The van der Waals surface area contributed by atoms with E-state index in [-0.39, 0.29) is 10.2 Å². The Morgan fingerprint density at radius 2 is 1.53 bits per heavy atom. The van der Waals surface area contributed by atoms with Gasteiger partial charge in [-0.3, -0.25) is 0 Å². The third-order valence-corrected chi connectivity index (χ3v) is 4.25. The number of amides is 1. The summed E-state index contributed by atoms with van der Waals surface area (Å²) in [7, 11) is 1.37. The van der Waals surface area contributed by atoms with Gasteiger partial charge in [0.15, 0.2) is 0 Å². The minimum Gasteiger partial charge on any atom is -0.453 e. The predicted molar refractivity (Wildman–Crippen MR) is 66.5 cm³/mol. The first kappa shape index (κ1) is 14.6. The minimum atomic E-state index is -0.411. The van der Waals surface area contributed by atoms with Crippen molar-refractivity contribution in [1.29, 1.82) is 0 Å². The molecule has 0 rings (SSSR count). The molecule has 0 spiro atoms. The zero-order valence-corrected chi connectivity index (χ0v) is 11.7. The van der Waals surface area contributed by atoms with Crippen molar-refractivity contribution >= 4 is 18.7 Å². The van der Waals surface area contributed by atoms with Crippen molar-refractivity contribution in [3.63, 3.8) is 0 Å². The van der Waals surface area contributed by atoms with Gasteiger partial charge in [0, 0.05) is 15.7 Å². The highest BCUT2D eigenvalue weighted by molar-refractivity contribution is 7.81. The Kier molecular flexibility index (Phi) is 4.13. The fraction of sp³-hybridized carbons (Fsp3) is 0.909. The average Bonchev–Trinajstić information content (AvgIpc) is 2.00. The van der Waals surface area contributed by atoms with Crippen molar-refractivity contribution in [3.8, 4) is 0 Å². The molecule has 0 radical (unpaired) electrons. The number of ether oxygens (including phenoxy) is 1. The van der Waals surface area contributed by atoms with E-state index in [0.717, 1.165) is 0 Å². The van der Waals surface area contributed by atoms with Gasteiger partial charge in [0.2, 0.25) is 0 Å². The van der Waals surface area contributed by atoms with E-state index in [9.17, 15) is 4.79 Å². The fourth-order valence-electron chi connectivity index (χ4n) is 1.23. The third kappa shape index (κ3) is 3.03. The summed E-state index contributed by atoms with van der Waals surface area (Å²) in [5, 5.41) is 2.84. The van der Waals surface area contributed by atoms with Gasteiger partial charge in [-0.25, -0.2) is 4.79 Å². The maximum atomic E-state index is 11.2. The van der Waals surface area contributed by atoms with E-state index >= 15 is 0 Å². The minimum absolute atomic E-state index is 0.183. The highest BCUT2D eigenvalue weighted by Gasteiger charge is 2.47. The van der Waals surface area contributed by atoms with Crippen LogP contribution in [-0.2, 0) is 4.74 Å². The van der Waals surface area contributed by atoms with Gasteiger partial charge in [0.25, 0.3) is 0 Å². The summed E-state index contributed by atoms with van der Waals surface area (Å²) in [4.78, 5) is 11.2. The second-order valence-corrected chi connectivity index (χ2v) is 6.54. The van der Waals surface area contributed by atoms with Crippen molar-refractivity contribution in [1.82, 2.24) is 5.32 Å². The van der Waals surface area contributed by atoms with Crippen LogP contribution < -0.4 is 5.32 Å². The van der Waals surface area contributed by atoms with Crippen LogP contribution in [0.3, 0.4) is 0 Å². The Morgan fingerprint density at radius 1 is 1.13 bits per heavy atom. The zero-order chi connectivity index (χ0) is 12.5. The molecule has 0 aliphatic rings. The molecule has 0 aliphatic carbocycles. The number of hydrogen-bond donors (Lipinski definition) is 2. The molecule has 0 aromatic rings. The van der Waals surface area contributed by atoms with Gasteiger partial charge >= 0.3 is 6.09 Å². The van der Waals surface area contributed by atoms with E-state index in [4.69, 9.17) is 0 Å². The molecule has 0 heterocycles. The SMILES string of the molecule is COC(=O)NC(C)(C)C(C)(C)C(C)(C)S. The molecule has 0 atom stereocenters. The summed E-state index contributed by atoms with van der Waals surface area (Å²) in [6.45, 7) is 12.2. The smallest absolute Gasteiger partial charge is 0.407 e. The Morgan fingerprint density at radius 3 is 1.80 bits per heavy atom. The van der Waals surface area contributed by atoms with E-state index in [1.54, 1.807) is 0 Å². The lowest BCUT2D eigenvalue weighted by Crippen LogP contribution is -2.59. The second-order valence-electron chi connectivity index (χ2n) is 5.43. The highest BCUT2D eigenvalue weighted by Crippen LogP contribution is 2.44. The van der Waals surface area contributed by atoms with Gasteiger partial charge in [-0.15, -0.1) is 0 Å². The molecule has 0 bridgehead atoms. The fourth-order valence-corrected chi connectivity index (χ4v) is 1.51. The number of rotatable bonds is 3. The van der Waals surface area contributed by atoms with Crippen LogP contribution >= 0.6 is 12.6 Å². The summed E-state index contributed by atoms with van der Waals surface area (Å²) >= 11 is 4.59. The van der Waals surface area contributed by atoms with Gasteiger partial charge < -0.3 is 10.1 Å². The van der Waals surface area contributed by atoms with Crippen molar-refractivity contribution in [3.05, 3.63) is 0 Å². The van der Waals surface area contributed by atoms with Crippen molar-refractivity contribution in [2.75, 3.05) is 7.11 Å². The van der Waals surface area contributed by atoms with Crippen LogP contribution in [0.25, 0.3) is 0 Å². The molecular formula is C11H23NO2S. The van der Waals surface area contributed by atoms with Gasteiger partial charge in [-0.2, -0.15) is 12.6 Å². The van der Waals surface area contributed by atoms with Crippen LogP contribution in [0, 0.1) is 5.41 Å². The Balaban J connectivity index is 4.93. The maximum Gasteiger partial charge on any atom is 0.407 e. The quantitative estimate of drug-likeness (QED) is 0.736. The number of carbonyl (C=O) groups is 1. The van der Waals surface area contributed by atoms with E-state index in [0.29, 0.717) is 0 Å². The van der Waals surface area contributed by atoms with Crippen molar-refractivity contribution < 1.29 is 9.53 Å². The zero-order valence-electron chi connectivity index (χ0n) is 10.8. The second kappa shape index (κ2) is 4.24. The number of nitrogens with one attached hydrogen (secondary N) is 1. The van der Waals surface area contributed by atoms with Gasteiger partial charge in [0.05, 0.1) is 7.11 Å². The summed E-state index contributed by atoms with van der Waals surface area (Å²) in [6.07, 6.45) is -0.411.